The molecule has 1 fully saturated rings. The van der Waals surface area contributed by atoms with Gasteiger partial charge in [0.05, 0.1) is 12.7 Å². The van der Waals surface area contributed by atoms with Gasteiger partial charge in [0.25, 0.3) is 0 Å². The van der Waals surface area contributed by atoms with Gasteiger partial charge >= 0.3 is 0 Å². The minimum atomic E-state index is -0.660. The second-order valence-corrected chi connectivity index (χ2v) is 8.58. The average Bonchev–Trinajstić information content (AvgIpc) is 3.39. The molecule has 0 aliphatic carbocycles. The van der Waals surface area contributed by atoms with Crippen LogP contribution in [0.3, 0.4) is 0 Å². The van der Waals surface area contributed by atoms with Crippen molar-refractivity contribution in [2.24, 2.45) is 0 Å². The molecule has 1 aliphatic heterocycles. The van der Waals surface area contributed by atoms with Crippen LogP contribution in [-0.4, -0.2) is 61.4 Å². The number of aliphatic hydroxyl groups excluding tert-OH is 1. The lowest BCUT2D eigenvalue weighted by molar-refractivity contribution is 0.0312. The minimum Gasteiger partial charge on any atom is -0.490 e. The predicted molar refractivity (Wildman–Crippen MR) is 118 cm³/mol. The first-order chi connectivity index (χ1) is 14.6. The molecule has 2 unspecified atom stereocenters. The number of nitrogens with zero attached hydrogens (tertiary/aromatic N) is 1. The Balaban J connectivity index is 1.60. The maximum atomic E-state index is 11.0. The second kappa shape index (κ2) is 11.5. The van der Waals surface area contributed by atoms with Gasteiger partial charge in [-0.2, -0.15) is 0 Å². The Bertz CT molecular complexity index is 803. The lowest BCUT2D eigenvalue weighted by Gasteiger charge is -2.27. The van der Waals surface area contributed by atoms with E-state index >= 15 is 0 Å². The van der Waals surface area contributed by atoms with Crippen molar-refractivity contribution in [1.82, 2.24) is 4.90 Å². The molecule has 1 N–H and O–H groups in total. The Morgan fingerprint density at radius 2 is 2.20 bits per heavy atom. The van der Waals surface area contributed by atoms with Gasteiger partial charge in [-0.15, -0.1) is 11.3 Å². The maximum Gasteiger partial charge on any atom is 0.161 e. The lowest BCUT2D eigenvalue weighted by atomic mass is 10.2. The van der Waals surface area contributed by atoms with Crippen molar-refractivity contribution in [3.8, 4) is 11.5 Å². The first-order valence-electron chi connectivity index (χ1n) is 10.5. The van der Waals surface area contributed by atoms with Crippen LogP contribution in [-0.2, 0) is 11.3 Å². The number of hydrogen-bond acceptors (Lipinski definition) is 7. The first-order valence-corrected chi connectivity index (χ1v) is 11.4. The van der Waals surface area contributed by atoms with Crippen molar-refractivity contribution in [3.05, 3.63) is 45.6 Å². The molecule has 3 rings (SSSR count). The molecular weight excluding hydrogens is 402 g/mol. The predicted octanol–water partition coefficient (Wildman–Crippen LogP) is 3.69. The average molecular weight is 434 g/mol. The summed E-state index contributed by atoms with van der Waals surface area (Å²) in [6, 6.07) is 7.17. The number of rotatable bonds is 12. The monoisotopic (exact) mass is 433 g/mol. The van der Waals surface area contributed by atoms with Crippen LogP contribution < -0.4 is 9.47 Å². The van der Waals surface area contributed by atoms with Gasteiger partial charge in [-0.1, -0.05) is 0 Å². The van der Waals surface area contributed by atoms with E-state index < -0.39 is 6.10 Å². The van der Waals surface area contributed by atoms with Crippen LogP contribution in [0.15, 0.2) is 29.6 Å². The molecule has 0 amide bonds. The Morgan fingerprint density at radius 3 is 2.87 bits per heavy atom. The van der Waals surface area contributed by atoms with Crippen LogP contribution >= 0.6 is 11.3 Å². The molecule has 1 aliphatic rings. The SMILES string of the molecule is CCOc1cc(C=O)ccc1OCC(O)CN(Cc1sccc1C)CC1CCCO1. The van der Waals surface area contributed by atoms with Gasteiger partial charge in [0.2, 0.25) is 0 Å². The van der Waals surface area contributed by atoms with Crippen LogP contribution in [0.25, 0.3) is 0 Å². The topological polar surface area (TPSA) is 68.2 Å². The summed E-state index contributed by atoms with van der Waals surface area (Å²) in [4.78, 5) is 14.6. The van der Waals surface area contributed by atoms with Crippen molar-refractivity contribution >= 4 is 17.6 Å². The Hall–Kier alpha value is -1.93. The fraction of sp³-hybridized carbons (Fsp3) is 0.522. The third-order valence-electron chi connectivity index (χ3n) is 5.13. The zero-order valence-corrected chi connectivity index (χ0v) is 18.5. The number of ether oxygens (including phenoxy) is 3. The highest BCUT2D eigenvalue weighted by molar-refractivity contribution is 7.10. The first kappa shape index (κ1) is 22.7. The van der Waals surface area contributed by atoms with Gasteiger partial charge in [0.15, 0.2) is 11.5 Å². The van der Waals surface area contributed by atoms with E-state index in [1.54, 1.807) is 29.5 Å². The molecule has 1 aromatic carbocycles. The summed E-state index contributed by atoms with van der Waals surface area (Å²) in [5, 5.41) is 12.8. The molecule has 0 saturated carbocycles. The van der Waals surface area contributed by atoms with E-state index in [-0.39, 0.29) is 12.7 Å². The van der Waals surface area contributed by atoms with Crippen molar-refractivity contribution in [2.45, 2.75) is 45.4 Å². The van der Waals surface area contributed by atoms with E-state index in [9.17, 15) is 9.90 Å². The van der Waals surface area contributed by atoms with E-state index in [1.807, 2.05) is 6.92 Å². The number of carbonyl (C=O) groups excluding carboxylic acids is 1. The summed E-state index contributed by atoms with van der Waals surface area (Å²) in [7, 11) is 0. The molecule has 0 radical (unpaired) electrons. The number of carbonyl (C=O) groups is 1. The zero-order chi connectivity index (χ0) is 21.3. The number of aldehydes is 1. The van der Waals surface area contributed by atoms with Crippen LogP contribution in [0.1, 0.15) is 40.6 Å². The van der Waals surface area contributed by atoms with Gasteiger partial charge in [0.1, 0.15) is 19.0 Å². The van der Waals surface area contributed by atoms with E-state index in [4.69, 9.17) is 14.2 Å². The smallest absolute Gasteiger partial charge is 0.161 e. The van der Waals surface area contributed by atoms with Crippen LogP contribution in [0, 0.1) is 6.92 Å². The summed E-state index contributed by atoms with van der Waals surface area (Å²) in [5.41, 5.74) is 1.81. The number of aryl methyl sites for hydroxylation is 1. The van der Waals surface area contributed by atoms with Crippen molar-refractivity contribution in [2.75, 3.05) is 32.9 Å². The van der Waals surface area contributed by atoms with E-state index in [0.29, 0.717) is 30.2 Å². The maximum absolute atomic E-state index is 11.0. The second-order valence-electron chi connectivity index (χ2n) is 7.58. The van der Waals surface area contributed by atoms with Gasteiger partial charge in [-0.25, -0.2) is 0 Å². The fourth-order valence-corrected chi connectivity index (χ4v) is 4.52. The molecule has 0 bridgehead atoms. The molecule has 30 heavy (non-hydrogen) atoms. The third kappa shape index (κ3) is 6.54. The number of aliphatic hydroxyl groups is 1. The molecule has 7 heteroatoms. The van der Waals surface area contributed by atoms with E-state index in [2.05, 4.69) is 23.3 Å². The summed E-state index contributed by atoms with van der Waals surface area (Å²) in [5.74, 6) is 1.04. The van der Waals surface area contributed by atoms with Crippen LogP contribution in [0.2, 0.25) is 0 Å². The fourth-order valence-electron chi connectivity index (χ4n) is 3.57. The summed E-state index contributed by atoms with van der Waals surface area (Å²) >= 11 is 1.74. The van der Waals surface area contributed by atoms with Crippen LogP contribution in [0.5, 0.6) is 11.5 Å². The Labute approximate surface area is 182 Å². The van der Waals surface area contributed by atoms with Gasteiger partial charge < -0.3 is 19.3 Å². The molecule has 0 spiro atoms. The highest BCUT2D eigenvalue weighted by Gasteiger charge is 2.22. The van der Waals surface area contributed by atoms with Gasteiger partial charge in [0, 0.05) is 36.7 Å². The highest BCUT2D eigenvalue weighted by Crippen LogP contribution is 2.28. The summed E-state index contributed by atoms with van der Waals surface area (Å²) < 4.78 is 17.2. The molecular formula is C23H31NO5S. The van der Waals surface area contributed by atoms with Crippen LogP contribution in [0.4, 0.5) is 0 Å². The molecule has 1 saturated heterocycles. The Morgan fingerprint density at radius 1 is 1.33 bits per heavy atom. The van der Waals surface area contributed by atoms with Crippen molar-refractivity contribution in [3.63, 3.8) is 0 Å². The molecule has 2 heterocycles. The molecule has 2 aromatic rings. The third-order valence-corrected chi connectivity index (χ3v) is 6.13. The summed E-state index contributed by atoms with van der Waals surface area (Å²) in [6.07, 6.45) is 2.49. The Kier molecular flexibility index (Phi) is 8.69. The lowest BCUT2D eigenvalue weighted by Crippen LogP contribution is -2.39. The van der Waals surface area contributed by atoms with Crippen molar-refractivity contribution in [1.29, 1.82) is 0 Å². The number of benzene rings is 1. The highest BCUT2D eigenvalue weighted by atomic mass is 32.1. The zero-order valence-electron chi connectivity index (χ0n) is 17.7. The molecule has 2 atom stereocenters. The van der Waals surface area contributed by atoms with E-state index in [1.165, 1.54) is 10.4 Å². The summed E-state index contributed by atoms with van der Waals surface area (Å²) in [6.45, 7) is 7.51. The van der Waals surface area contributed by atoms with Gasteiger partial charge in [-0.05, 0) is 61.9 Å². The van der Waals surface area contributed by atoms with Gasteiger partial charge in [-0.3, -0.25) is 9.69 Å². The molecule has 164 valence electrons. The quantitative estimate of drug-likeness (QED) is 0.515. The molecule has 6 nitrogen and oxygen atoms in total. The number of thiophene rings is 1. The standard InChI is InChI=1S/C23H31NO5S/c1-3-27-22-11-18(15-25)6-7-21(22)29-16-19(26)12-24(13-20-5-4-9-28-20)14-23-17(2)8-10-30-23/h6-8,10-11,15,19-20,26H,3-5,9,12-14,16H2,1-2H3. The molecule has 1 aromatic heterocycles. The minimum absolute atomic E-state index is 0.145. The van der Waals surface area contributed by atoms with E-state index in [0.717, 1.165) is 38.8 Å². The number of hydrogen-bond donors (Lipinski definition) is 1. The largest absolute Gasteiger partial charge is 0.490 e. The van der Waals surface area contributed by atoms with Crippen molar-refractivity contribution < 1.29 is 24.1 Å². The normalized spacial score (nSPS) is 17.3.